The Hall–Kier alpha value is -3.24. The van der Waals surface area contributed by atoms with E-state index in [4.69, 9.17) is 25.6 Å². The average molecular weight is 518 g/mol. The van der Waals surface area contributed by atoms with Crippen molar-refractivity contribution < 1.29 is 23.2 Å². The minimum absolute atomic E-state index is 0.125. The molecule has 0 unspecified atom stereocenters. The van der Waals surface area contributed by atoms with Crippen LogP contribution in [0.25, 0.3) is 11.3 Å². The number of carbonyl (C=O) groups is 1. The molecular formula is C25H29ClFN5O4. The van der Waals surface area contributed by atoms with E-state index in [0.717, 1.165) is 5.56 Å². The van der Waals surface area contributed by atoms with E-state index < -0.39 is 24.4 Å². The van der Waals surface area contributed by atoms with Gasteiger partial charge >= 0.3 is 6.09 Å². The molecule has 0 aliphatic carbocycles. The van der Waals surface area contributed by atoms with E-state index in [-0.39, 0.29) is 36.2 Å². The number of hydrogen-bond donors (Lipinski definition) is 1. The lowest BCUT2D eigenvalue weighted by molar-refractivity contribution is -0.0618. The highest BCUT2D eigenvalue weighted by Gasteiger charge is 2.40. The summed E-state index contributed by atoms with van der Waals surface area (Å²) in [7, 11) is 0. The maximum Gasteiger partial charge on any atom is 0.416 e. The fraction of sp³-hybridized carbons (Fsp3) is 0.440. The zero-order valence-electron chi connectivity index (χ0n) is 20.8. The first-order valence-electron chi connectivity index (χ1n) is 11.6. The van der Waals surface area contributed by atoms with Crippen molar-refractivity contribution in [3.63, 3.8) is 0 Å². The van der Waals surface area contributed by atoms with Gasteiger partial charge in [0.1, 0.15) is 30.8 Å². The number of halogens is 2. The predicted molar refractivity (Wildman–Crippen MR) is 134 cm³/mol. The number of hydrogen-bond acceptors (Lipinski definition) is 8. The molecule has 0 saturated carbocycles. The van der Waals surface area contributed by atoms with Crippen LogP contribution in [-0.4, -0.2) is 45.6 Å². The third-order valence-corrected chi connectivity index (χ3v) is 5.83. The second-order valence-corrected chi connectivity index (χ2v) is 10.0. The molecule has 1 amide bonds. The molecule has 192 valence electrons. The Kier molecular flexibility index (Phi) is 7.46. The molecule has 11 heteroatoms. The van der Waals surface area contributed by atoms with E-state index in [0.29, 0.717) is 16.5 Å². The van der Waals surface area contributed by atoms with Crippen LogP contribution in [-0.2, 0) is 16.1 Å². The van der Waals surface area contributed by atoms with Gasteiger partial charge in [-0.25, -0.2) is 14.2 Å². The fourth-order valence-electron chi connectivity index (χ4n) is 3.93. The van der Waals surface area contributed by atoms with Crippen molar-refractivity contribution in [2.75, 3.05) is 16.8 Å². The zero-order valence-corrected chi connectivity index (χ0v) is 21.5. The number of cyclic esters (lactones) is 1. The number of ether oxygens (including phenoxy) is 2. The number of rotatable bonds is 8. The maximum atomic E-state index is 13.7. The van der Waals surface area contributed by atoms with Crippen molar-refractivity contribution in [3.05, 3.63) is 52.8 Å². The molecule has 1 N–H and O–H groups in total. The number of nitrogens with zero attached hydrogens (tertiary/aromatic N) is 4. The van der Waals surface area contributed by atoms with Crippen LogP contribution in [0, 0.1) is 0 Å². The first-order chi connectivity index (χ1) is 17.0. The fourth-order valence-corrected chi connectivity index (χ4v) is 4.06. The minimum atomic E-state index is -0.829. The minimum Gasteiger partial charge on any atom is -0.447 e. The molecule has 4 rings (SSSR count). The van der Waals surface area contributed by atoms with Gasteiger partial charge in [-0.05, 0) is 58.9 Å². The number of nitrogens with one attached hydrogen (secondary N) is 1. The van der Waals surface area contributed by atoms with Crippen LogP contribution in [0.15, 0.2) is 40.9 Å². The molecular weight excluding hydrogens is 489 g/mol. The summed E-state index contributed by atoms with van der Waals surface area (Å²) in [5, 5.41) is 7.88. The molecule has 3 atom stereocenters. The number of benzene rings is 1. The quantitative estimate of drug-likeness (QED) is 0.390. The van der Waals surface area contributed by atoms with Crippen LogP contribution >= 0.6 is 11.6 Å². The first-order valence-corrected chi connectivity index (χ1v) is 12.0. The first kappa shape index (κ1) is 25.8. The van der Waals surface area contributed by atoms with E-state index >= 15 is 0 Å². The predicted octanol–water partition coefficient (Wildman–Crippen LogP) is 5.96. The van der Waals surface area contributed by atoms with E-state index in [1.165, 1.54) is 11.0 Å². The molecule has 1 aromatic carbocycles. The summed E-state index contributed by atoms with van der Waals surface area (Å²) >= 11 is 5.96. The average Bonchev–Trinajstić information content (AvgIpc) is 3.45. The Balaban J connectivity index is 1.56. The molecule has 1 aliphatic rings. The SMILES string of the molecule is C[C@H](Nc1nc(CF)cc(N2C(=O)OC[C@@H]2[C@@H](C)OC(C)(C)C)n1)c1cc(-c2ccc(Cl)cc2)on1. The van der Waals surface area contributed by atoms with Crippen LogP contribution in [0.3, 0.4) is 0 Å². The van der Waals surface area contributed by atoms with Crippen molar-refractivity contribution in [1.82, 2.24) is 15.1 Å². The Labute approximate surface area is 213 Å². The normalized spacial score (nSPS) is 17.7. The lowest BCUT2D eigenvalue weighted by Gasteiger charge is -2.31. The van der Waals surface area contributed by atoms with Crippen molar-refractivity contribution in [2.45, 2.75) is 65.1 Å². The van der Waals surface area contributed by atoms with Gasteiger partial charge in [0.2, 0.25) is 5.95 Å². The van der Waals surface area contributed by atoms with Gasteiger partial charge in [0, 0.05) is 22.7 Å². The summed E-state index contributed by atoms with van der Waals surface area (Å²) in [5.41, 5.74) is 1.13. The van der Waals surface area contributed by atoms with Gasteiger partial charge in [-0.15, -0.1) is 0 Å². The monoisotopic (exact) mass is 517 g/mol. The Morgan fingerprint density at radius 3 is 2.61 bits per heavy atom. The highest BCUT2D eigenvalue weighted by Crippen LogP contribution is 2.29. The van der Waals surface area contributed by atoms with Gasteiger partial charge in [-0.2, -0.15) is 4.98 Å². The van der Waals surface area contributed by atoms with E-state index in [9.17, 15) is 9.18 Å². The second-order valence-electron chi connectivity index (χ2n) is 9.61. The van der Waals surface area contributed by atoms with E-state index in [1.54, 1.807) is 18.2 Å². The molecule has 3 aromatic rings. The Morgan fingerprint density at radius 2 is 1.94 bits per heavy atom. The summed E-state index contributed by atoms with van der Waals surface area (Å²) in [5.74, 6) is 0.947. The molecule has 1 saturated heterocycles. The number of aromatic nitrogens is 3. The molecule has 2 aromatic heterocycles. The van der Waals surface area contributed by atoms with Gasteiger partial charge in [-0.1, -0.05) is 16.8 Å². The number of anilines is 2. The Bertz CT molecular complexity index is 1210. The number of carbonyl (C=O) groups excluding carboxylic acids is 1. The standard InChI is InChI=1S/C25H29ClFN5O4/c1-14(19-11-21(36-31-19)16-6-8-17(26)9-7-16)28-23-29-18(12-27)10-22(30-23)32-20(13-34-24(32)33)15(2)35-25(3,4)5/h6-11,14-15,20H,12-13H2,1-5H3,(H,28,29,30)/t14-,15+,20+/m0/s1. The molecule has 9 nitrogen and oxygen atoms in total. The summed E-state index contributed by atoms with van der Waals surface area (Å²) in [6, 6.07) is 9.63. The van der Waals surface area contributed by atoms with Crippen LogP contribution < -0.4 is 10.2 Å². The van der Waals surface area contributed by atoms with Gasteiger partial charge in [0.25, 0.3) is 0 Å². The largest absolute Gasteiger partial charge is 0.447 e. The molecule has 0 spiro atoms. The summed E-state index contributed by atoms with van der Waals surface area (Å²) in [6.07, 6.45) is -0.923. The number of amides is 1. The van der Waals surface area contributed by atoms with Gasteiger partial charge < -0.3 is 19.3 Å². The Morgan fingerprint density at radius 1 is 1.22 bits per heavy atom. The van der Waals surface area contributed by atoms with E-state index in [1.807, 2.05) is 46.8 Å². The molecule has 0 radical (unpaired) electrons. The van der Waals surface area contributed by atoms with Crippen molar-refractivity contribution in [3.8, 4) is 11.3 Å². The van der Waals surface area contributed by atoms with Crippen LogP contribution in [0.2, 0.25) is 5.02 Å². The highest BCUT2D eigenvalue weighted by molar-refractivity contribution is 6.30. The van der Waals surface area contributed by atoms with Gasteiger partial charge in [0.15, 0.2) is 5.76 Å². The highest BCUT2D eigenvalue weighted by atomic mass is 35.5. The van der Waals surface area contributed by atoms with Crippen LogP contribution in [0.5, 0.6) is 0 Å². The smallest absolute Gasteiger partial charge is 0.416 e. The third kappa shape index (κ3) is 5.93. The maximum absolute atomic E-state index is 13.7. The summed E-state index contributed by atoms with van der Waals surface area (Å²) in [4.78, 5) is 22.7. The molecule has 1 aliphatic heterocycles. The zero-order chi connectivity index (χ0) is 26.0. The van der Waals surface area contributed by atoms with Crippen molar-refractivity contribution >= 4 is 29.5 Å². The van der Waals surface area contributed by atoms with Gasteiger partial charge in [-0.3, -0.25) is 4.90 Å². The third-order valence-electron chi connectivity index (χ3n) is 5.58. The number of alkyl halides is 1. The second kappa shape index (κ2) is 10.4. The van der Waals surface area contributed by atoms with Crippen LogP contribution in [0.1, 0.15) is 52.0 Å². The van der Waals surface area contributed by atoms with Crippen molar-refractivity contribution in [2.24, 2.45) is 0 Å². The molecule has 1 fully saturated rings. The lowest BCUT2D eigenvalue weighted by Crippen LogP contribution is -2.45. The molecule has 36 heavy (non-hydrogen) atoms. The van der Waals surface area contributed by atoms with E-state index in [2.05, 4.69) is 20.4 Å². The molecule has 3 heterocycles. The topological polar surface area (TPSA) is 103 Å². The molecule has 0 bridgehead atoms. The lowest BCUT2D eigenvalue weighted by atomic mass is 10.1. The van der Waals surface area contributed by atoms with Crippen molar-refractivity contribution in [1.29, 1.82) is 0 Å². The summed E-state index contributed by atoms with van der Waals surface area (Å²) in [6.45, 7) is 8.82. The summed E-state index contributed by atoms with van der Waals surface area (Å²) < 4.78 is 30.5. The van der Waals surface area contributed by atoms with Crippen LogP contribution in [0.4, 0.5) is 21.0 Å². The van der Waals surface area contributed by atoms with Gasteiger partial charge in [0.05, 0.1) is 23.4 Å².